The third-order valence-corrected chi connectivity index (χ3v) is 4.20. The van der Waals surface area contributed by atoms with E-state index in [0.29, 0.717) is 6.04 Å². The van der Waals surface area contributed by atoms with Crippen molar-refractivity contribution in [1.82, 2.24) is 0 Å². The van der Waals surface area contributed by atoms with E-state index >= 15 is 0 Å². The molecule has 0 aliphatic carbocycles. The molecule has 0 aliphatic heterocycles. The number of hydrogen-bond donors (Lipinski definition) is 0. The van der Waals surface area contributed by atoms with Crippen molar-refractivity contribution in [1.29, 1.82) is 0 Å². The molecule has 98 valence electrons. The summed E-state index contributed by atoms with van der Waals surface area (Å²) < 4.78 is 1.23. The molecule has 1 aromatic rings. The quantitative estimate of drug-likeness (QED) is 0.698. The minimum absolute atomic E-state index is 0. The number of nitrogens with zero attached hydrogens (tertiary/aromatic N) is 1. The third-order valence-electron chi connectivity index (χ3n) is 4.20. The monoisotopic (exact) mass is 237 g/mol. The molecule has 0 spiro atoms. The molecule has 0 bridgehead atoms. The molecule has 0 radical (unpaired) electrons. The van der Waals surface area contributed by atoms with Crippen molar-refractivity contribution in [3.8, 4) is 0 Å². The summed E-state index contributed by atoms with van der Waals surface area (Å²) in [5, 5.41) is 0. The zero-order valence-corrected chi connectivity index (χ0v) is 11.7. The average Bonchev–Trinajstić information content (AvgIpc) is 2.33. The van der Waals surface area contributed by atoms with Crippen LogP contribution in [0.4, 0.5) is 0 Å². The molecule has 1 atom stereocenters. The summed E-state index contributed by atoms with van der Waals surface area (Å²) in [6, 6.07) is 11.6. The van der Waals surface area contributed by atoms with E-state index in [1.807, 2.05) is 0 Å². The lowest BCUT2D eigenvalue weighted by molar-refractivity contribution is -0.944. The first-order chi connectivity index (χ1) is 7.68. The fourth-order valence-corrected chi connectivity index (χ4v) is 2.75. The fourth-order valence-electron chi connectivity index (χ4n) is 2.75. The average molecular weight is 237 g/mol. The molecule has 0 aliphatic rings. The van der Waals surface area contributed by atoms with Gasteiger partial charge >= 0.3 is 0 Å². The van der Waals surface area contributed by atoms with E-state index in [9.17, 15) is 0 Å². The maximum Gasteiger partial charge on any atom is 0.0902 e. The SMILES string of the molecule is CC[N+](CC)(CC)C(C)Cc1ccccc1.[OH-]. The highest BCUT2D eigenvalue weighted by Gasteiger charge is 2.28. The summed E-state index contributed by atoms with van der Waals surface area (Å²) in [5.74, 6) is 0. The Hall–Kier alpha value is -0.860. The largest absolute Gasteiger partial charge is 0.870 e. The number of benzene rings is 1. The minimum Gasteiger partial charge on any atom is -0.870 e. The molecule has 1 rings (SSSR count). The smallest absolute Gasteiger partial charge is 0.0902 e. The van der Waals surface area contributed by atoms with E-state index in [0.717, 1.165) is 0 Å². The number of rotatable bonds is 6. The van der Waals surface area contributed by atoms with E-state index in [1.165, 1.54) is 36.1 Å². The molecule has 0 fully saturated rings. The van der Waals surface area contributed by atoms with Gasteiger partial charge in [0, 0.05) is 6.42 Å². The van der Waals surface area contributed by atoms with Crippen LogP contribution in [-0.4, -0.2) is 35.6 Å². The van der Waals surface area contributed by atoms with Crippen LogP contribution in [0.1, 0.15) is 33.3 Å². The van der Waals surface area contributed by atoms with E-state index in [4.69, 9.17) is 0 Å². The molecule has 0 heterocycles. The summed E-state index contributed by atoms with van der Waals surface area (Å²) in [6.45, 7) is 13.0. The Kier molecular flexibility index (Phi) is 7.09. The predicted octanol–water partition coefficient (Wildman–Crippen LogP) is 3.32. The lowest BCUT2D eigenvalue weighted by Gasteiger charge is -2.41. The number of likely N-dealkylation sites (N-methyl/N-ethyl adjacent to an activating group) is 1. The molecule has 0 saturated heterocycles. The van der Waals surface area contributed by atoms with Crippen LogP contribution in [0, 0.1) is 0 Å². The highest BCUT2D eigenvalue weighted by molar-refractivity contribution is 5.15. The van der Waals surface area contributed by atoms with Crippen LogP contribution < -0.4 is 0 Å². The summed E-state index contributed by atoms with van der Waals surface area (Å²) in [7, 11) is 0. The number of hydrogen-bond acceptors (Lipinski definition) is 1. The summed E-state index contributed by atoms with van der Waals surface area (Å²) in [4.78, 5) is 0. The van der Waals surface area contributed by atoms with E-state index in [1.54, 1.807) is 0 Å². The predicted molar refractivity (Wildman–Crippen MR) is 73.4 cm³/mol. The van der Waals surface area contributed by atoms with Crippen molar-refractivity contribution in [2.45, 2.75) is 40.2 Å². The van der Waals surface area contributed by atoms with Crippen molar-refractivity contribution in [2.75, 3.05) is 19.6 Å². The zero-order chi connectivity index (χ0) is 12.0. The van der Waals surface area contributed by atoms with Gasteiger partial charge in [-0.2, -0.15) is 0 Å². The van der Waals surface area contributed by atoms with Gasteiger partial charge in [-0.05, 0) is 33.3 Å². The minimum atomic E-state index is 0. The van der Waals surface area contributed by atoms with Crippen molar-refractivity contribution in [2.24, 2.45) is 0 Å². The van der Waals surface area contributed by atoms with Gasteiger partial charge in [-0.25, -0.2) is 0 Å². The second-order valence-electron chi connectivity index (χ2n) is 4.71. The zero-order valence-electron chi connectivity index (χ0n) is 11.7. The van der Waals surface area contributed by atoms with E-state index in [2.05, 4.69) is 58.0 Å². The van der Waals surface area contributed by atoms with Gasteiger partial charge in [-0.15, -0.1) is 0 Å². The van der Waals surface area contributed by atoms with Gasteiger partial charge in [-0.3, -0.25) is 0 Å². The Bertz CT molecular complexity index is 285. The highest BCUT2D eigenvalue weighted by atomic mass is 16.0. The van der Waals surface area contributed by atoms with Crippen LogP contribution in [0.2, 0.25) is 0 Å². The van der Waals surface area contributed by atoms with Gasteiger partial charge in [0.25, 0.3) is 0 Å². The third kappa shape index (κ3) is 3.83. The first-order valence-corrected chi connectivity index (χ1v) is 6.58. The lowest BCUT2D eigenvalue weighted by atomic mass is 10.0. The summed E-state index contributed by atoms with van der Waals surface area (Å²) in [6.07, 6.45) is 1.19. The maximum absolute atomic E-state index is 2.39. The molecule has 0 saturated carbocycles. The summed E-state index contributed by atoms with van der Waals surface area (Å²) >= 11 is 0. The van der Waals surface area contributed by atoms with Gasteiger partial charge in [0.2, 0.25) is 0 Å². The van der Waals surface area contributed by atoms with Crippen LogP contribution in [-0.2, 0) is 6.42 Å². The van der Waals surface area contributed by atoms with Crippen molar-refractivity contribution >= 4 is 0 Å². The normalized spacial score (nSPS) is 12.9. The van der Waals surface area contributed by atoms with Gasteiger partial charge in [-0.1, -0.05) is 30.3 Å². The van der Waals surface area contributed by atoms with E-state index < -0.39 is 0 Å². The van der Waals surface area contributed by atoms with Crippen LogP contribution in [0.3, 0.4) is 0 Å². The second-order valence-corrected chi connectivity index (χ2v) is 4.71. The van der Waals surface area contributed by atoms with Crippen molar-refractivity contribution in [3.05, 3.63) is 35.9 Å². The summed E-state index contributed by atoms with van der Waals surface area (Å²) in [5.41, 5.74) is 1.47. The molecule has 1 N–H and O–H groups in total. The van der Waals surface area contributed by atoms with Crippen molar-refractivity contribution < 1.29 is 9.96 Å². The second kappa shape index (κ2) is 7.46. The first-order valence-electron chi connectivity index (χ1n) is 6.58. The Balaban J connectivity index is 0.00000256. The molecule has 0 amide bonds. The van der Waals surface area contributed by atoms with Crippen molar-refractivity contribution in [3.63, 3.8) is 0 Å². The molecular formula is C15H27NO. The molecule has 1 unspecified atom stereocenters. The Morgan fingerprint density at radius 1 is 0.941 bits per heavy atom. The fraction of sp³-hybridized carbons (Fsp3) is 0.600. The molecular weight excluding hydrogens is 210 g/mol. The molecule has 1 aromatic carbocycles. The van der Waals surface area contributed by atoms with Crippen LogP contribution in [0.5, 0.6) is 0 Å². The van der Waals surface area contributed by atoms with Gasteiger partial charge in [0.15, 0.2) is 0 Å². The standard InChI is InChI=1S/C15H26N.H2O/c1-5-16(6-2,7-3)14(4)13-15-11-9-8-10-12-15;/h8-12,14H,5-7,13H2,1-4H3;1H2/q+1;/p-1. The lowest BCUT2D eigenvalue weighted by Crippen LogP contribution is -2.54. The van der Waals surface area contributed by atoms with Crippen LogP contribution in [0.25, 0.3) is 0 Å². The van der Waals surface area contributed by atoms with Crippen LogP contribution >= 0.6 is 0 Å². The molecule has 17 heavy (non-hydrogen) atoms. The highest BCUT2D eigenvalue weighted by Crippen LogP contribution is 2.17. The molecule has 2 heteroatoms. The maximum atomic E-state index is 2.39. The Morgan fingerprint density at radius 2 is 1.41 bits per heavy atom. The van der Waals surface area contributed by atoms with Gasteiger partial charge in [0.05, 0.1) is 25.7 Å². The molecule has 2 nitrogen and oxygen atoms in total. The van der Waals surface area contributed by atoms with Gasteiger partial charge in [0.1, 0.15) is 0 Å². The Labute approximate surface area is 106 Å². The van der Waals surface area contributed by atoms with Crippen LogP contribution in [0.15, 0.2) is 30.3 Å². The first kappa shape index (κ1) is 16.1. The molecule has 0 aromatic heterocycles. The topological polar surface area (TPSA) is 30.0 Å². The van der Waals surface area contributed by atoms with Gasteiger partial charge < -0.3 is 9.96 Å². The Morgan fingerprint density at radius 3 is 1.82 bits per heavy atom. The number of quaternary nitrogens is 1. The van der Waals surface area contributed by atoms with E-state index in [-0.39, 0.29) is 5.48 Å².